The smallest absolute Gasteiger partial charge is 0.335 e. The fraction of sp³-hybridized carbons (Fsp3) is 0.750. The number of carbonyl (C=O) groups is 1. The molecule has 1 unspecified atom stereocenters. The van der Waals surface area contributed by atoms with Crippen LogP contribution in [0.15, 0.2) is 11.6 Å². The molecule has 1 aliphatic carbocycles. The molecule has 0 bridgehead atoms. The van der Waals surface area contributed by atoms with Crippen molar-refractivity contribution in [1.82, 2.24) is 0 Å². The molecule has 1 N–H and O–H groups in total. The van der Waals surface area contributed by atoms with Crippen LogP contribution in [0.2, 0.25) is 0 Å². The number of rotatable bonds is 4. The largest absolute Gasteiger partial charge is 0.464 e. The molecule has 3 heteroatoms. The van der Waals surface area contributed by atoms with Crippen molar-refractivity contribution in [2.45, 2.75) is 45.6 Å². The number of aliphatic hydroxyl groups is 1. The molecule has 0 fully saturated rings. The highest BCUT2D eigenvalue weighted by Crippen LogP contribution is 2.26. The molecular weight excluding hydrogens is 192 g/mol. The van der Waals surface area contributed by atoms with Crippen molar-refractivity contribution < 1.29 is 14.6 Å². The maximum Gasteiger partial charge on any atom is 0.335 e. The highest BCUT2D eigenvalue weighted by atomic mass is 16.5. The summed E-state index contributed by atoms with van der Waals surface area (Å²) in [6, 6.07) is 0. The minimum atomic E-state index is -1.01. The molecular formula is C12H20O3. The van der Waals surface area contributed by atoms with Crippen LogP contribution in [0.3, 0.4) is 0 Å². The summed E-state index contributed by atoms with van der Waals surface area (Å²) in [5.41, 5.74) is 1.20. The third-order valence-electron chi connectivity index (χ3n) is 2.91. The van der Waals surface area contributed by atoms with E-state index in [1.165, 1.54) is 12.0 Å². The van der Waals surface area contributed by atoms with E-state index in [1.807, 2.05) is 6.92 Å². The average Bonchev–Trinajstić information content (AvgIpc) is 2.28. The number of aliphatic hydroxyl groups excluding tert-OH is 1. The molecule has 2 atom stereocenters. The Hall–Kier alpha value is -0.830. The predicted octanol–water partition coefficient (Wildman–Crippen LogP) is 2.05. The van der Waals surface area contributed by atoms with Crippen LogP contribution in [-0.4, -0.2) is 23.8 Å². The molecule has 0 radical (unpaired) electrons. The summed E-state index contributed by atoms with van der Waals surface area (Å²) in [6.07, 6.45) is 5.58. The first kappa shape index (κ1) is 12.2. The molecule has 0 aliphatic heterocycles. The lowest BCUT2D eigenvalue weighted by atomic mass is 9.87. The van der Waals surface area contributed by atoms with Gasteiger partial charge in [-0.15, -0.1) is 0 Å². The summed E-state index contributed by atoms with van der Waals surface area (Å²) in [6.45, 7) is 3.95. The molecule has 0 saturated carbocycles. The Morgan fingerprint density at radius 1 is 1.60 bits per heavy atom. The van der Waals surface area contributed by atoms with Crippen molar-refractivity contribution in [3.05, 3.63) is 11.6 Å². The first-order chi connectivity index (χ1) is 7.16. The van der Waals surface area contributed by atoms with Crippen LogP contribution in [0.1, 0.15) is 39.5 Å². The van der Waals surface area contributed by atoms with Gasteiger partial charge < -0.3 is 9.84 Å². The standard InChI is InChI=1S/C12H20O3/c1-3-15-12(14)11(13)9(2)10-7-5-4-6-8-10/h7,9,11,13H,3-6,8H2,1-2H3/t9?,11-/m1/s1. The van der Waals surface area contributed by atoms with Gasteiger partial charge in [0.1, 0.15) is 0 Å². The minimum absolute atomic E-state index is 0.107. The van der Waals surface area contributed by atoms with E-state index < -0.39 is 12.1 Å². The van der Waals surface area contributed by atoms with Gasteiger partial charge in [-0.2, -0.15) is 0 Å². The number of hydrogen-bond donors (Lipinski definition) is 1. The summed E-state index contributed by atoms with van der Waals surface area (Å²) in [4.78, 5) is 11.3. The molecule has 0 aromatic rings. The molecule has 1 rings (SSSR count). The van der Waals surface area contributed by atoms with Gasteiger partial charge in [-0.3, -0.25) is 0 Å². The normalized spacial score (nSPS) is 20.3. The number of allylic oxidation sites excluding steroid dienone is 1. The number of hydrogen-bond acceptors (Lipinski definition) is 3. The Morgan fingerprint density at radius 2 is 2.33 bits per heavy atom. The van der Waals surface area contributed by atoms with Gasteiger partial charge in [0.05, 0.1) is 6.61 Å². The number of esters is 1. The monoisotopic (exact) mass is 212 g/mol. The van der Waals surface area contributed by atoms with E-state index in [4.69, 9.17) is 4.74 Å². The molecule has 86 valence electrons. The van der Waals surface area contributed by atoms with Gasteiger partial charge in [0, 0.05) is 5.92 Å². The van der Waals surface area contributed by atoms with Gasteiger partial charge in [-0.05, 0) is 32.6 Å². The topological polar surface area (TPSA) is 46.5 Å². The Balaban J connectivity index is 2.54. The van der Waals surface area contributed by atoms with Gasteiger partial charge >= 0.3 is 5.97 Å². The van der Waals surface area contributed by atoms with E-state index >= 15 is 0 Å². The van der Waals surface area contributed by atoms with Gasteiger partial charge in [-0.1, -0.05) is 18.6 Å². The lowest BCUT2D eigenvalue weighted by Crippen LogP contribution is -2.31. The zero-order valence-corrected chi connectivity index (χ0v) is 9.53. The summed E-state index contributed by atoms with van der Waals surface area (Å²) in [7, 11) is 0. The van der Waals surface area contributed by atoms with Gasteiger partial charge in [0.25, 0.3) is 0 Å². The third-order valence-corrected chi connectivity index (χ3v) is 2.91. The van der Waals surface area contributed by atoms with Crippen molar-refractivity contribution in [2.75, 3.05) is 6.61 Å². The molecule has 0 aromatic carbocycles. The van der Waals surface area contributed by atoms with Crippen LogP contribution >= 0.6 is 0 Å². The van der Waals surface area contributed by atoms with Crippen molar-refractivity contribution in [3.8, 4) is 0 Å². The van der Waals surface area contributed by atoms with Crippen LogP contribution in [0.5, 0.6) is 0 Å². The lowest BCUT2D eigenvalue weighted by Gasteiger charge is -2.23. The van der Waals surface area contributed by atoms with E-state index in [2.05, 4.69) is 6.08 Å². The predicted molar refractivity (Wildman–Crippen MR) is 58.4 cm³/mol. The van der Waals surface area contributed by atoms with E-state index in [0.717, 1.165) is 19.3 Å². The van der Waals surface area contributed by atoms with Gasteiger partial charge in [0.2, 0.25) is 0 Å². The van der Waals surface area contributed by atoms with E-state index in [9.17, 15) is 9.90 Å². The Labute approximate surface area is 91.1 Å². The molecule has 15 heavy (non-hydrogen) atoms. The molecule has 3 nitrogen and oxygen atoms in total. The van der Waals surface area contributed by atoms with Crippen molar-refractivity contribution >= 4 is 5.97 Å². The highest BCUT2D eigenvalue weighted by Gasteiger charge is 2.26. The van der Waals surface area contributed by atoms with E-state index in [1.54, 1.807) is 6.92 Å². The van der Waals surface area contributed by atoms with E-state index in [0.29, 0.717) is 6.61 Å². The first-order valence-electron chi connectivity index (χ1n) is 5.70. The fourth-order valence-electron chi connectivity index (χ4n) is 1.91. The summed E-state index contributed by atoms with van der Waals surface area (Å²) in [5.74, 6) is -0.610. The summed E-state index contributed by atoms with van der Waals surface area (Å²) in [5, 5.41) is 9.75. The maximum absolute atomic E-state index is 11.3. The second kappa shape index (κ2) is 5.91. The second-order valence-corrected chi connectivity index (χ2v) is 4.01. The fourth-order valence-corrected chi connectivity index (χ4v) is 1.91. The SMILES string of the molecule is CCOC(=O)[C@H](O)C(C)C1=CCCCC1. The van der Waals surface area contributed by atoms with Crippen LogP contribution in [0.25, 0.3) is 0 Å². The lowest BCUT2D eigenvalue weighted by molar-refractivity contribution is -0.155. The average molecular weight is 212 g/mol. The summed E-state index contributed by atoms with van der Waals surface area (Å²) < 4.78 is 4.80. The molecule has 0 heterocycles. The molecule has 1 aliphatic rings. The quantitative estimate of drug-likeness (QED) is 0.573. The molecule has 0 amide bonds. The first-order valence-corrected chi connectivity index (χ1v) is 5.70. The summed E-state index contributed by atoms with van der Waals surface area (Å²) >= 11 is 0. The highest BCUT2D eigenvalue weighted by molar-refractivity contribution is 5.75. The second-order valence-electron chi connectivity index (χ2n) is 4.01. The van der Waals surface area contributed by atoms with Gasteiger partial charge in [-0.25, -0.2) is 4.79 Å². The Kier molecular flexibility index (Phi) is 4.82. The van der Waals surface area contributed by atoms with Crippen LogP contribution in [0.4, 0.5) is 0 Å². The van der Waals surface area contributed by atoms with E-state index in [-0.39, 0.29) is 5.92 Å². The van der Waals surface area contributed by atoms with Crippen LogP contribution in [0, 0.1) is 5.92 Å². The molecule has 0 saturated heterocycles. The molecule has 0 aromatic heterocycles. The minimum Gasteiger partial charge on any atom is -0.464 e. The Bertz CT molecular complexity index is 245. The maximum atomic E-state index is 11.3. The van der Waals surface area contributed by atoms with Crippen LogP contribution < -0.4 is 0 Å². The Morgan fingerprint density at radius 3 is 2.87 bits per heavy atom. The zero-order valence-electron chi connectivity index (χ0n) is 9.53. The van der Waals surface area contributed by atoms with Gasteiger partial charge in [0.15, 0.2) is 6.10 Å². The van der Waals surface area contributed by atoms with Crippen molar-refractivity contribution in [1.29, 1.82) is 0 Å². The van der Waals surface area contributed by atoms with Crippen molar-refractivity contribution in [3.63, 3.8) is 0 Å². The number of carbonyl (C=O) groups excluding carboxylic acids is 1. The zero-order chi connectivity index (χ0) is 11.3. The third kappa shape index (κ3) is 3.34. The molecule has 0 spiro atoms. The van der Waals surface area contributed by atoms with Crippen molar-refractivity contribution in [2.24, 2.45) is 5.92 Å². The van der Waals surface area contributed by atoms with Crippen LogP contribution in [-0.2, 0) is 9.53 Å². The number of ether oxygens (including phenoxy) is 1.